The smallest absolute Gasteiger partial charge is 0.336 e. The van der Waals surface area contributed by atoms with Gasteiger partial charge in [0.2, 0.25) is 11.8 Å². The molecule has 3 aromatic carbocycles. The molecule has 0 atom stereocenters. The lowest BCUT2D eigenvalue weighted by Crippen LogP contribution is -2.40. The minimum Gasteiger partial charge on any atom is -0.353 e. The van der Waals surface area contributed by atoms with Crippen LogP contribution in [0.25, 0.3) is 16.6 Å². The number of anilines is 1. The Hall–Kier alpha value is -4.46. The summed E-state index contributed by atoms with van der Waals surface area (Å²) in [7, 11) is 0. The maximum absolute atomic E-state index is 13.6. The molecule has 8 heteroatoms. The fourth-order valence-corrected chi connectivity index (χ4v) is 5.04. The zero-order valence-corrected chi connectivity index (χ0v) is 21.1. The van der Waals surface area contributed by atoms with Crippen molar-refractivity contribution in [1.29, 1.82) is 0 Å². The van der Waals surface area contributed by atoms with Gasteiger partial charge in [-0.2, -0.15) is 0 Å². The highest BCUT2D eigenvalue weighted by Crippen LogP contribution is 2.18. The summed E-state index contributed by atoms with van der Waals surface area (Å²) in [6, 6.07) is 22.8. The lowest BCUT2D eigenvalue weighted by atomic mass is 9.95. The summed E-state index contributed by atoms with van der Waals surface area (Å²) >= 11 is 0. The van der Waals surface area contributed by atoms with Crippen LogP contribution in [0, 0.1) is 0 Å². The predicted octanol–water partition coefficient (Wildman–Crippen LogP) is 3.78. The van der Waals surface area contributed by atoms with Crippen molar-refractivity contribution in [3.63, 3.8) is 0 Å². The van der Waals surface area contributed by atoms with Crippen molar-refractivity contribution < 1.29 is 9.59 Å². The van der Waals surface area contributed by atoms with Crippen molar-refractivity contribution in [3.05, 3.63) is 105 Å². The van der Waals surface area contributed by atoms with Crippen LogP contribution in [0.1, 0.15) is 37.7 Å². The molecule has 1 heterocycles. The molecule has 0 aliphatic heterocycles. The Morgan fingerprint density at radius 3 is 2.21 bits per heavy atom. The number of carbonyl (C=O) groups excluding carboxylic acids is 2. The third kappa shape index (κ3) is 5.59. The number of nitrogens with one attached hydrogen (secondary N) is 2. The van der Waals surface area contributed by atoms with E-state index in [1.807, 2.05) is 6.07 Å². The van der Waals surface area contributed by atoms with Crippen molar-refractivity contribution in [1.82, 2.24) is 14.5 Å². The summed E-state index contributed by atoms with van der Waals surface area (Å²) in [5, 5.41) is 6.23. The monoisotopic (exact) mass is 510 g/mol. The number of fused-ring (bicyclic) bond motifs is 1. The second-order valence-corrected chi connectivity index (χ2v) is 9.69. The van der Waals surface area contributed by atoms with Gasteiger partial charge in [0.15, 0.2) is 0 Å². The number of hydrogen-bond acceptors (Lipinski definition) is 4. The molecule has 2 N–H and O–H groups in total. The summed E-state index contributed by atoms with van der Waals surface area (Å²) in [4.78, 5) is 52.2. The minimum atomic E-state index is -0.611. The molecule has 194 valence electrons. The molecule has 1 aromatic heterocycles. The molecular weight excluding hydrogens is 480 g/mol. The molecule has 1 fully saturated rings. The van der Waals surface area contributed by atoms with Crippen LogP contribution in [-0.4, -0.2) is 27.0 Å². The molecule has 1 aliphatic carbocycles. The molecule has 0 spiro atoms. The van der Waals surface area contributed by atoms with Crippen molar-refractivity contribution >= 4 is 28.4 Å². The molecule has 0 unspecified atom stereocenters. The Balaban J connectivity index is 1.42. The summed E-state index contributed by atoms with van der Waals surface area (Å²) in [6.45, 7) is -0.256. The normalized spacial score (nSPS) is 13.8. The lowest BCUT2D eigenvalue weighted by Gasteiger charge is -2.22. The fraction of sp³-hybridized carbons (Fsp3) is 0.267. The number of hydrogen-bond donors (Lipinski definition) is 2. The molecular formula is C30H30N4O4. The highest BCUT2D eigenvalue weighted by molar-refractivity contribution is 5.91. The van der Waals surface area contributed by atoms with E-state index in [2.05, 4.69) is 10.6 Å². The van der Waals surface area contributed by atoms with Crippen LogP contribution < -0.4 is 21.9 Å². The van der Waals surface area contributed by atoms with Gasteiger partial charge in [0.1, 0.15) is 6.54 Å². The standard InChI is InChI=1S/C30H30N4O4/c35-27(31-22-9-3-1-4-10-22)19-21-15-17-24(18-16-21)34-29(37)25-13-7-8-14-26(25)33(30(34)38)20-28(36)32-23-11-5-2-6-12-23/h2,5-8,11-18,22H,1,3-4,9-10,19-20H2,(H,31,35)(H,32,36). The summed E-state index contributed by atoms with van der Waals surface area (Å²) < 4.78 is 2.38. The maximum Gasteiger partial charge on any atom is 0.336 e. The first-order chi connectivity index (χ1) is 18.5. The van der Waals surface area contributed by atoms with Gasteiger partial charge in [-0.3, -0.25) is 19.0 Å². The number of para-hydroxylation sites is 2. The number of carbonyl (C=O) groups is 2. The van der Waals surface area contributed by atoms with Gasteiger partial charge in [-0.1, -0.05) is 61.7 Å². The number of aromatic nitrogens is 2. The molecule has 38 heavy (non-hydrogen) atoms. The Morgan fingerprint density at radius 1 is 0.789 bits per heavy atom. The van der Waals surface area contributed by atoms with Gasteiger partial charge < -0.3 is 10.6 Å². The van der Waals surface area contributed by atoms with Crippen LogP contribution in [0.15, 0.2) is 88.5 Å². The molecule has 0 bridgehead atoms. The van der Waals surface area contributed by atoms with E-state index in [1.165, 1.54) is 11.0 Å². The van der Waals surface area contributed by atoms with Gasteiger partial charge in [0.25, 0.3) is 5.56 Å². The summed E-state index contributed by atoms with van der Waals surface area (Å²) in [6.07, 6.45) is 5.78. The third-order valence-corrected chi connectivity index (χ3v) is 6.94. The van der Waals surface area contributed by atoms with Crippen LogP contribution in [0.3, 0.4) is 0 Å². The quantitative estimate of drug-likeness (QED) is 0.395. The molecule has 2 amide bonds. The van der Waals surface area contributed by atoms with E-state index in [4.69, 9.17) is 0 Å². The molecule has 4 aromatic rings. The molecule has 1 saturated carbocycles. The van der Waals surface area contributed by atoms with Crippen LogP contribution in [0.4, 0.5) is 5.69 Å². The Morgan fingerprint density at radius 2 is 1.47 bits per heavy atom. The van der Waals surface area contributed by atoms with Crippen molar-refractivity contribution in [2.45, 2.75) is 51.1 Å². The van der Waals surface area contributed by atoms with Crippen LogP contribution in [0.2, 0.25) is 0 Å². The lowest BCUT2D eigenvalue weighted by molar-refractivity contribution is -0.121. The van der Waals surface area contributed by atoms with E-state index in [9.17, 15) is 19.2 Å². The third-order valence-electron chi connectivity index (χ3n) is 6.94. The van der Waals surface area contributed by atoms with Crippen molar-refractivity contribution in [2.24, 2.45) is 0 Å². The second kappa shape index (κ2) is 11.3. The van der Waals surface area contributed by atoms with Gasteiger partial charge >= 0.3 is 5.69 Å². The van der Waals surface area contributed by atoms with Crippen molar-refractivity contribution in [2.75, 3.05) is 5.32 Å². The fourth-order valence-electron chi connectivity index (χ4n) is 5.04. The average molecular weight is 511 g/mol. The predicted molar refractivity (Wildman–Crippen MR) is 148 cm³/mol. The topological polar surface area (TPSA) is 102 Å². The SMILES string of the molecule is O=C(Cn1c(=O)n(-c2ccc(CC(=O)NC3CCCCC3)cc2)c(=O)c2ccccc21)Nc1ccccc1. The molecule has 0 radical (unpaired) electrons. The van der Waals surface area contributed by atoms with Gasteiger partial charge in [0.05, 0.1) is 23.0 Å². The molecule has 8 nitrogen and oxygen atoms in total. The average Bonchev–Trinajstić information content (AvgIpc) is 2.93. The molecule has 0 saturated heterocycles. The van der Waals surface area contributed by atoms with Crippen molar-refractivity contribution in [3.8, 4) is 5.69 Å². The largest absolute Gasteiger partial charge is 0.353 e. The number of nitrogens with zero attached hydrogens (tertiary/aromatic N) is 2. The number of benzene rings is 3. The van der Waals surface area contributed by atoms with E-state index >= 15 is 0 Å². The summed E-state index contributed by atoms with van der Waals surface area (Å²) in [5.41, 5.74) is 1.09. The van der Waals surface area contributed by atoms with Gasteiger partial charge in [0, 0.05) is 11.7 Å². The highest BCUT2D eigenvalue weighted by Gasteiger charge is 2.18. The van der Waals surface area contributed by atoms with Gasteiger partial charge in [-0.05, 0) is 54.8 Å². The highest BCUT2D eigenvalue weighted by atomic mass is 16.2. The number of rotatable bonds is 7. The van der Waals surface area contributed by atoms with E-state index in [0.29, 0.717) is 22.3 Å². The molecule has 5 rings (SSSR count). The number of amides is 2. The van der Waals surface area contributed by atoms with Gasteiger partial charge in [-0.25, -0.2) is 9.36 Å². The van der Waals surface area contributed by atoms with E-state index < -0.39 is 11.2 Å². The Labute approximate surface area is 219 Å². The second-order valence-electron chi connectivity index (χ2n) is 9.69. The maximum atomic E-state index is 13.6. The first-order valence-electron chi connectivity index (χ1n) is 13.0. The van der Waals surface area contributed by atoms with Crippen LogP contribution in [0.5, 0.6) is 0 Å². The Kier molecular flexibility index (Phi) is 7.49. The van der Waals surface area contributed by atoms with E-state index in [-0.39, 0.29) is 30.8 Å². The minimum absolute atomic E-state index is 0.0284. The molecule has 1 aliphatic rings. The van der Waals surface area contributed by atoms with E-state index in [1.54, 1.807) is 72.8 Å². The van der Waals surface area contributed by atoms with Crippen LogP contribution in [-0.2, 0) is 22.6 Å². The summed E-state index contributed by atoms with van der Waals surface area (Å²) in [5.74, 6) is -0.410. The van der Waals surface area contributed by atoms with Crippen LogP contribution >= 0.6 is 0 Å². The zero-order valence-electron chi connectivity index (χ0n) is 21.1. The van der Waals surface area contributed by atoms with E-state index in [0.717, 1.165) is 35.8 Å². The Bertz CT molecular complexity index is 1570. The van der Waals surface area contributed by atoms with Gasteiger partial charge in [-0.15, -0.1) is 0 Å². The first kappa shape index (κ1) is 25.2. The zero-order chi connectivity index (χ0) is 26.5. The first-order valence-corrected chi connectivity index (χ1v) is 13.0.